The van der Waals surface area contributed by atoms with Gasteiger partial charge in [0.1, 0.15) is 18.2 Å². The van der Waals surface area contributed by atoms with Crippen molar-refractivity contribution in [1.29, 1.82) is 0 Å². The monoisotopic (exact) mass is 381 g/mol. The molecule has 9 nitrogen and oxygen atoms in total. The number of nitrogens with one attached hydrogen (secondary N) is 1. The minimum Gasteiger partial charge on any atom is -0.486 e. The molecule has 132 valence electrons. The number of nitrogens with zero attached hydrogens (tertiary/aromatic N) is 4. The van der Waals surface area contributed by atoms with Gasteiger partial charge in [0.2, 0.25) is 15.0 Å². The number of aromatic nitrogens is 4. The van der Waals surface area contributed by atoms with Crippen LogP contribution in [0.5, 0.6) is 11.5 Å². The molecule has 0 amide bonds. The first-order chi connectivity index (χ1) is 12.0. The fourth-order valence-electron chi connectivity index (χ4n) is 2.42. The van der Waals surface area contributed by atoms with Crippen molar-refractivity contribution in [3.8, 4) is 11.5 Å². The number of hydrogen-bond acceptors (Lipinski definition) is 8. The van der Waals surface area contributed by atoms with Gasteiger partial charge in [-0.2, -0.15) is 9.61 Å². The Bertz CT molecular complexity index is 1030. The van der Waals surface area contributed by atoms with E-state index in [1.54, 1.807) is 10.6 Å². The molecule has 0 saturated heterocycles. The fraction of sp³-hybridized carbons (Fsp3) is 0.357. The highest BCUT2D eigenvalue weighted by Crippen LogP contribution is 2.32. The van der Waals surface area contributed by atoms with Crippen molar-refractivity contribution in [3.05, 3.63) is 29.0 Å². The van der Waals surface area contributed by atoms with Gasteiger partial charge in [-0.25, -0.2) is 13.1 Å². The molecule has 25 heavy (non-hydrogen) atoms. The van der Waals surface area contributed by atoms with Gasteiger partial charge < -0.3 is 9.47 Å². The summed E-state index contributed by atoms with van der Waals surface area (Å²) in [4.78, 5) is 0.841. The first-order valence-corrected chi connectivity index (χ1v) is 9.90. The molecule has 3 aromatic rings. The molecular weight excluding hydrogens is 366 g/mol. The zero-order valence-electron chi connectivity index (χ0n) is 13.3. The van der Waals surface area contributed by atoms with Crippen LogP contribution in [0.4, 0.5) is 0 Å². The van der Waals surface area contributed by atoms with Crippen LogP contribution >= 0.6 is 11.3 Å². The van der Waals surface area contributed by atoms with Crippen molar-refractivity contribution in [3.63, 3.8) is 0 Å². The Balaban J connectivity index is 1.44. The fourth-order valence-corrected chi connectivity index (χ4v) is 4.35. The summed E-state index contributed by atoms with van der Waals surface area (Å²) >= 11 is 1.39. The Morgan fingerprint density at radius 1 is 1.24 bits per heavy atom. The van der Waals surface area contributed by atoms with Gasteiger partial charge >= 0.3 is 0 Å². The summed E-state index contributed by atoms with van der Waals surface area (Å²) in [6, 6.07) is 4.58. The Kier molecular flexibility index (Phi) is 4.06. The van der Waals surface area contributed by atoms with Crippen molar-refractivity contribution >= 4 is 26.3 Å². The third-order valence-electron chi connectivity index (χ3n) is 3.64. The van der Waals surface area contributed by atoms with Crippen molar-refractivity contribution in [2.75, 3.05) is 19.8 Å². The van der Waals surface area contributed by atoms with Crippen molar-refractivity contribution in [1.82, 2.24) is 24.5 Å². The van der Waals surface area contributed by atoms with Crippen LogP contribution in [-0.2, 0) is 16.4 Å². The Morgan fingerprint density at radius 3 is 2.84 bits per heavy atom. The summed E-state index contributed by atoms with van der Waals surface area (Å²) in [6.45, 7) is 2.92. The van der Waals surface area contributed by atoms with E-state index in [4.69, 9.17) is 9.47 Å². The standard InChI is InChI=1S/C14H15N5O4S2/c1-9-16-17-14-19(9)18-13(24-14)4-5-15-25(20,21)10-2-3-11-12(8-10)23-7-6-22-11/h2-3,8,15H,4-7H2,1H3. The van der Waals surface area contributed by atoms with Crippen LogP contribution in [0.2, 0.25) is 0 Å². The number of ether oxygens (including phenoxy) is 2. The number of sulfonamides is 1. The summed E-state index contributed by atoms with van der Waals surface area (Å²) in [6.07, 6.45) is 0.469. The van der Waals surface area contributed by atoms with Crippen molar-refractivity contribution in [2.24, 2.45) is 0 Å². The molecule has 0 radical (unpaired) electrons. The molecule has 0 aliphatic carbocycles. The van der Waals surface area contributed by atoms with Crippen LogP contribution in [0.15, 0.2) is 23.1 Å². The number of fused-ring (bicyclic) bond motifs is 2. The van der Waals surface area contributed by atoms with E-state index in [1.807, 2.05) is 6.92 Å². The third-order valence-corrected chi connectivity index (χ3v) is 6.06. The van der Waals surface area contributed by atoms with Gasteiger partial charge in [0, 0.05) is 19.0 Å². The lowest BCUT2D eigenvalue weighted by Crippen LogP contribution is -2.26. The van der Waals surface area contributed by atoms with Crippen LogP contribution < -0.4 is 14.2 Å². The maximum absolute atomic E-state index is 12.4. The van der Waals surface area contributed by atoms with Gasteiger partial charge in [-0.3, -0.25) is 0 Å². The average Bonchev–Trinajstić information content (AvgIpc) is 3.16. The number of aryl methyl sites for hydroxylation is 1. The Hall–Kier alpha value is -2.24. The molecule has 11 heteroatoms. The average molecular weight is 381 g/mol. The second kappa shape index (κ2) is 6.24. The number of hydrogen-bond donors (Lipinski definition) is 1. The molecule has 1 aliphatic heterocycles. The van der Waals surface area contributed by atoms with Crippen LogP contribution in [0.1, 0.15) is 10.8 Å². The summed E-state index contributed by atoms with van der Waals surface area (Å²) < 4.78 is 39.9. The highest BCUT2D eigenvalue weighted by molar-refractivity contribution is 7.89. The van der Waals surface area contributed by atoms with Crippen LogP contribution in [-0.4, -0.2) is 48.0 Å². The molecule has 0 saturated carbocycles. The topological polar surface area (TPSA) is 108 Å². The van der Waals surface area contributed by atoms with Gasteiger partial charge in [-0.15, -0.1) is 10.2 Å². The smallest absolute Gasteiger partial charge is 0.240 e. The van der Waals surface area contributed by atoms with E-state index in [1.165, 1.54) is 23.5 Å². The normalized spacial score (nSPS) is 14.1. The zero-order chi connectivity index (χ0) is 17.4. The maximum Gasteiger partial charge on any atom is 0.240 e. The van der Waals surface area contributed by atoms with Crippen LogP contribution in [0.3, 0.4) is 0 Å². The predicted octanol–water partition coefficient (Wildman–Crippen LogP) is 0.786. The molecule has 0 bridgehead atoms. The Morgan fingerprint density at radius 2 is 2.04 bits per heavy atom. The van der Waals surface area contributed by atoms with Gasteiger partial charge in [-0.05, 0) is 19.1 Å². The van der Waals surface area contributed by atoms with E-state index in [2.05, 4.69) is 20.0 Å². The van der Waals surface area contributed by atoms with Gasteiger partial charge in [0.25, 0.3) is 0 Å². The second-order valence-electron chi connectivity index (χ2n) is 5.39. The van der Waals surface area contributed by atoms with Gasteiger partial charge in [0.05, 0.1) is 4.90 Å². The molecule has 1 aromatic carbocycles. The largest absolute Gasteiger partial charge is 0.486 e. The SMILES string of the molecule is Cc1nnc2sc(CCNS(=O)(=O)c3ccc4c(c3)OCCO4)nn12. The highest BCUT2D eigenvalue weighted by Gasteiger charge is 2.19. The van der Waals surface area contributed by atoms with Gasteiger partial charge in [-0.1, -0.05) is 11.3 Å². The lowest BCUT2D eigenvalue weighted by molar-refractivity contribution is 0.171. The molecule has 4 rings (SSSR count). The van der Waals surface area contributed by atoms with Crippen molar-refractivity contribution < 1.29 is 17.9 Å². The lowest BCUT2D eigenvalue weighted by Gasteiger charge is -2.18. The number of rotatable bonds is 5. The Labute approximate surface area is 147 Å². The molecule has 3 heterocycles. The molecule has 0 spiro atoms. The summed E-state index contributed by atoms with van der Waals surface area (Å²) in [7, 11) is -3.63. The summed E-state index contributed by atoms with van der Waals surface area (Å²) in [5, 5.41) is 13.1. The zero-order valence-corrected chi connectivity index (χ0v) is 14.9. The highest BCUT2D eigenvalue weighted by atomic mass is 32.2. The first kappa shape index (κ1) is 16.2. The number of benzene rings is 1. The predicted molar refractivity (Wildman–Crippen MR) is 89.7 cm³/mol. The first-order valence-electron chi connectivity index (χ1n) is 7.60. The molecule has 0 unspecified atom stereocenters. The quantitative estimate of drug-likeness (QED) is 0.696. The summed E-state index contributed by atoms with van der Waals surface area (Å²) in [5.74, 6) is 1.70. The minimum atomic E-state index is -3.63. The minimum absolute atomic E-state index is 0.144. The lowest BCUT2D eigenvalue weighted by atomic mass is 10.3. The van der Waals surface area contributed by atoms with E-state index >= 15 is 0 Å². The van der Waals surface area contributed by atoms with E-state index < -0.39 is 10.0 Å². The van der Waals surface area contributed by atoms with Crippen molar-refractivity contribution in [2.45, 2.75) is 18.2 Å². The third kappa shape index (κ3) is 3.17. The van der Waals surface area contributed by atoms with Crippen LogP contribution in [0, 0.1) is 6.92 Å². The molecule has 2 aromatic heterocycles. The molecule has 1 aliphatic rings. The van der Waals surface area contributed by atoms with E-state index in [0.717, 1.165) is 5.01 Å². The van der Waals surface area contributed by atoms with Gasteiger partial charge in [0.15, 0.2) is 17.3 Å². The molecule has 0 atom stereocenters. The van der Waals surface area contributed by atoms with Crippen LogP contribution in [0.25, 0.3) is 4.96 Å². The van der Waals surface area contributed by atoms with E-state index in [-0.39, 0.29) is 11.4 Å². The summed E-state index contributed by atoms with van der Waals surface area (Å²) in [5.41, 5.74) is 0. The molecule has 1 N–H and O–H groups in total. The molecular formula is C14H15N5O4S2. The van der Waals surface area contributed by atoms with E-state index in [0.29, 0.717) is 41.9 Å². The van der Waals surface area contributed by atoms with E-state index in [9.17, 15) is 8.42 Å². The second-order valence-corrected chi connectivity index (χ2v) is 8.20. The molecule has 0 fully saturated rings. The maximum atomic E-state index is 12.4.